The van der Waals surface area contributed by atoms with Crippen molar-refractivity contribution in [2.75, 3.05) is 40.3 Å². The Morgan fingerprint density at radius 3 is 2.55 bits per heavy atom. The van der Waals surface area contributed by atoms with Crippen LogP contribution in [0.1, 0.15) is 38.2 Å². The number of nitrogens with zero attached hydrogens (tertiary/aromatic N) is 3. The third kappa shape index (κ3) is 5.27. The Bertz CT molecular complexity index is 1600. The number of methoxy groups -OCH3 is 1. The lowest BCUT2D eigenvalue weighted by atomic mass is 9.70. The zero-order valence-electron chi connectivity index (χ0n) is 24.8. The van der Waals surface area contributed by atoms with Crippen LogP contribution < -0.4 is 10.1 Å². The van der Waals surface area contributed by atoms with Gasteiger partial charge in [0.2, 0.25) is 15.9 Å². The summed E-state index contributed by atoms with van der Waals surface area (Å²) in [6, 6.07) is 13.4. The average Bonchev–Trinajstić information content (AvgIpc) is 3.37. The Labute approximate surface area is 252 Å². The maximum Gasteiger partial charge on any atom is 0.268 e. The number of benzene rings is 2. The number of hydrogen-bond acceptors (Lipinski definition) is 6. The lowest BCUT2D eigenvalue weighted by molar-refractivity contribution is -0.203. The van der Waals surface area contributed by atoms with Crippen LogP contribution >= 0.6 is 11.6 Å². The number of nitrogens with one attached hydrogen (secondary N) is 2. The van der Waals surface area contributed by atoms with Gasteiger partial charge in [-0.1, -0.05) is 50.6 Å². The van der Waals surface area contributed by atoms with E-state index in [-0.39, 0.29) is 40.6 Å². The maximum atomic E-state index is 13.8. The van der Waals surface area contributed by atoms with E-state index in [2.05, 4.69) is 15.2 Å². The monoisotopic (exact) mass is 615 g/mol. The molecule has 0 radical (unpaired) electrons. The molecule has 0 saturated carbocycles. The van der Waals surface area contributed by atoms with Crippen molar-refractivity contribution >= 4 is 44.3 Å². The summed E-state index contributed by atoms with van der Waals surface area (Å²) in [5.74, 6) is -0.198. The lowest BCUT2D eigenvalue weighted by Gasteiger charge is -2.70. The highest BCUT2D eigenvalue weighted by Gasteiger charge is 2.63. The molecule has 10 nitrogen and oxygen atoms in total. The normalized spacial score (nSPS) is 21.4. The number of piperazine rings is 1. The second-order valence-corrected chi connectivity index (χ2v) is 14.9. The van der Waals surface area contributed by atoms with E-state index in [1.165, 1.54) is 30.6 Å². The standard InChI is InChI=1S/C30H38ClN5O5S/c1-29(2,3)26(33-27(37)22-15-19-9-7-8-10-21(19)32-22)28(38)36-17-25-30(36,4)18-35(25)14-13-34(5)42(39,40)24-16-20(31)11-12-23(24)41-6/h7-12,15-16,25-26,32H,13-14,17-18H2,1-6H3,(H,33,37)/t25-,26-,30?/m1/s1. The summed E-state index contributed by atoms with van der Waals surface area (Å²) >= 11 is 6.06. The molecule has 0 aliphatic carbocycles. The van der Waals surface area contributed by atoms with E-state index >= 15 is 0 Å². The summed E-state index contributed by atoms with van der Waals surface area (Å²) in [6.45, 7) is 9.79. The van der Waals surface area contributed by atoms with Gasteiger partial charge in [0.1, 0.15) is 22.4 Å². The molecule has 3 aromatic rings. The molecule has 0 bridgehead atoms. The van der Waals surface area contributed by atoms with E-state index in [9.17, 15) is 18.0 Å². The van der Waals surface area contributed by atoms with Crippen molar-refractivity contribution in [3.05, 3.63) is 59.2 Å². The summed E-state index contributed by atoms with van der Waals surface area (Å²) in [7, 11) is -0.860. The highest BCUT2D eigenvalue weighted by Crippen LogP contribution is 2.45. The van der Waals surface area contributed by atoms with Crippen LogP contribution in [-0.4, -0.2) is 97.3 Å². The SMILES string of the molecule is COc1ccc(Cl)cc1S(=O)(=O)N(C)CCN1CC2(C)[C@H]1CN2C(=O)[C@@H](NC(=O)c1cc2ccccc2[nH]1)C(C)(C)C. The number of fused-ring (bicyclic) bond motifs is 2. The molecule has 2 aliphatic heterocycles. The molecule has 2 N–H and O–H groups in total. The number of ether oxygens (including phenoxy) is 1. The van der Waals surface area contributed by atoms with Gasteiger partial charge in [0, 0.05) is 49.2 Å². The van der Waals surface area contributed by atoms with E-state index in [0.717, 1.165) is 10.9 Å². The van der Waals surface area contributed by atoms with Crippen LogP contribution in [-0.2, 0) is 14.8 Å². The van der Waals surface area contributed by atoms with Crippen LogP contribution in [0.4, 0.5) is 0 Å². The Kier molecular flexibility index (Phi) is 7.84. The van der Waals surface area contributed by atoms with Gasteiger partial charge in [-0.25, -0.2) is 8.42 Å². The van der Waals surface area contributed by atoms with Crippen LogP contribution in [0.15, 0.2) is 53.4 Å². The Morgan fingerprint density at radius 1 is 1.21 bits per heavy atom. The quantitative estimate of drug-likeness (QED) is 0.380. The number of aromatic nitrogens is 1. The number of H-pyrrole nitrogens is 1. The number of para-hydroxylation sites is 1. The zero-order chi connectivity index (χ0) is 30.6. The second kappa shape index (κ2) is 10.9. The third-order valence-corrected chi connectivity index (χ3v) is 10.7. The van der Waals surface area contributed by atoms with Crippen molar-refractivity contribution in [2.45, 2.75) is 50.2 Å². The molecule has 1 unspecified atom stereocenters. The first-order valence-corrected chi connectivity index (χ1v) is 15.7. The van der Waals surface area contributed by atoms with Crippen molar-refractivity contribution in [1.29, 1.82) is 0 Å². The maximum absolute atomic E-state index is 13.8. The number of halogens is 1. The molecule has 2 amide bonds. The highest BCUT2D eigenvalue weighted by molar-refractivity contribution is 7.89. The van der Waals surface area contributed by atoms with Crippen molar-refractivity contribution in [3.8, 4) is 5.75 Å². The van der Waals surface area contributed by atoms with Crippen molar-refractivity contribution in [1.82, 2.24) is 24.4 Å². The topological polar surface area (TPSA) is 115 Å². The van der Waals surface area contributed by atoms with Gasteiger partial charge in [0.25, 0.3) is 5.91 Å². The summed E-state index contributed by atoms with van der Waals surface area (Å²) in [6.07, 6.45) is 0. The Balaban J connectivity index is 1.21. The molecule has 2 aliphatic rings. The molecule has 5 rings (SSSR count). The number of rotatable bonds is 9. The van der Waals surface area contributed by atoms with Gasteiger partial charge < -0.3 is 19.9 Å². The van der Waals surface area contributed by atoms with Gasteiger partial charge in [-0.3, -0.25) is 14.5 Å². The van der Waals surface area contributed by atoms with Gasteiger partial charge >= 0.3 is 0 Å². The minimum Gasteiger partial charge on any atom is -0.495 e. The van der Waals surface area contributed by atoms with Gasteiger partial charge in [-0.2, -0.15) is 4.31 Å². The molecule has 12 heteroatoms. The number of hydrogen-bond donors (Lipinski definition) is 2. The molecule has 2 aromatic carbocycles. The summed E-state index contributed by atoms with van der Waals surface area (Å²) in [5, 5.41) is 4.23. The minimum atomic E-state index is -3.82. The minimum absolute atomic E-state index is 0.0246. The van der Waals surface area contributed by atoms with Crippen LogP contribution in [0.5, 0.6) is 5.75 Å². The molecule has 3 heterocycles. The first-order chi connectivity index (χ1) is 19.7. The first-order valence-electron chi connectivity index (χ1n) is 13.9. The summed E-state index contributed by atoms with van der Waals surface area (Å²) < 4.78 is 33.0. The molecule has 42 heavy (non-hydrogen) atoms. The molecule has 2 fully saturated rings. The van der Waals surface area contributed by atoms with Crippen molar-refractivity contribution < 1.29 is 22.7 Å². The highest BCUT2D eigenvalue weighted by atomic mass is 35.5. The number of likely N-dealkylation sites (tertiary alicyclic amines) is 2. The van der Waals surface area contributed by atoms with Gasteiger partial charge in [-0.15, -0.1) is 0 Å². The molecule has 3 atom stereocenters. The van der Waals surface area contributed by atoms with Gasteiger partial charge in [0.05, 0.1) is 18.7 Å². The van der Waals surface area contributed by atoms with Crippen LogP contribution in [0, 0.1) is 5.41 Å². The number of aromatic amines is 1. The van der Waals surface area contributed by atoms with Crippen LogP contribution in [0.3, 0.4) is 0 Å². The fourth-order valence-corrected chi connectivity index (χ4v) is 7.53. The second-order valence-electron chi connectivity index (χ2n) is 12.5. The summed E-state index contributed by atoms with van der Waals surface area (Å²) in [4.78, 5) is 34.2. The largest absolute Gasteiger partial charge is 0.495 e. The molecular weight excluding hydrogens is 578 g/mol. The smallest absolute Gasteiger partial charge is 0.268 e. The molecular formula is C30H38ClN5O5S. The number of carbonyl (C=O) groups is 2. The van der Waals surface area contributed by atoms with Crippen LogP contribution in [0.2, 0.25) is 5.02 Å². The van der Waals surface area contributed by atoms with Crippen molar-refractivity contribution in [3.63, 3.8) is 0 Å². The molecule has 0 spiro atoms. The molecule has 2 saturated heterocycles. The molecule has 1 aromatic heterocycles. The number of sulfonamides is 1. The van der Waals surface area contributed by atoms with E-state index in [1.807, 2.05) is 56.9 Å². The summed E-state index contributed by atoms with van der Waals surface area (Å²) in [5.41, 5.74) is 0.386. The van der Waals surface area contributed by atoms with Crippen LogP contribution in [0.25, 0.3) is 10.9 Å². The third-order valence-electron chi connectivity index (χ3n) is 8.60. The molecule has 226 valence electrons. The van der Waals surface area contributed by atoms with E-state index < -0.39 is 21.5 Å². The first kappa shape index (κ1) is 30.3. The predicted octanol–water partition coefficient (Wildman–Crippen LogP) is 3.58. The van der Waals surface area contributed by atoms with Gasteiger partial charge in [0.15, 0.2) is 0 Å². The number of likely N-dealkylation sites (N-methyl/N-ethyl adjacent to an activating group) is 1. The fourth-order valence-electron chi connectivity index (χ4n) is 5.95. The van der Waals surface area contributed by atoms with E-state index in [0.29, 0.717) is 30.4 Å². The number of carbonyl (C=O) groups excluding carboxylic acids is 2. The Hall–Kier alpha value is -3.12. The fraction of sp³-hybridized carbons (Fsp3) is 0.467. The number of amides is 2. The zero-order valence-corrected chi connectivity index (χ0v) is 26.3. The van der Waals surface area contributed by atoms with E-state index in [1.54, 1.807) is 12.1 Å². The van der Waals surface area contributed by atoms with E-state index in [4.69, 9.17) is 16.3 Å². The lowest BCUT2D eigenvalue weighted by Crippen LogP contribution is -2.88. The van der Waals surface area contributed by atoms with Crippen molar-refractivity contribution in [2.24, 2.45) is 5.41 Å². The van der Waals surface area contributed by atoms with Gasteiger partial charge in [-0.05, 0) is 42.7 Å². The average molecular weight is 616 g/mol. The Morgan fingerprint density at radius 2 is 1.93 bits per heavy atom. The predicted molar refractivity (Wildman–Crippen MR) is 162 cm³/mol.